The Bertz CT molecular complexity index is 871. The van der Waals surface area contributed by atoms with Gasteiger partial charge in [0.25, 0.3) is 0 Å². The second kappa shape index (κ2) is 23.5. The number of aryl methyl sites for hydroxylation is 1. The number of aliphatic hydroxyl groups excluding tert-OH is 3. The van der Waals surface area contributed by atoms with Crippen LogP contribution in [-0.2, 0) is 17.6 Å². The molecule has 1 heterocycles. The third-order valence-corrected chi connectivity index (χ3v) is 9.73. The molecule has 2 rings (SSSR count). The van der Waals surface area contributed by atoms with Gasteiger partial charge in [0, 0.05) is 16.3 Å². The van der Waals surface area contributed by atoms with Crippen LogP contribution in [-0.4, -0.2) is 62.4 Å². The van der Waals surface area contributed by atoms with E-state index in [0.717, 1.165) is 76.2 Å². The van der Waals surface area contributed by atoms with Crippen molar-refractivity contribution in [3.05, 3.63) is 23.3 Å². The molecule has 44 heavy (non-hydrogen) atoms. The lowest BCUT2D eigenvalue weighted by Gasteiger charge is -2.35. The van der Waals surface area contributed by atoms with Crippen molar-refractivity contribution in [1.82, 2.24) is 0 Å². The SMILES string of the molecule is CCCCCCCC(Cl)CCCCCc1cc(O)c(CCCCCC(Cl)CCCCCC)c(OC2OCC(O)C(O)C2O)c1. The van der Waals surface area contributed by atoms with E-state index in [4.69, 9.17) is 32.7 Å². The Labute approximate surface area is 277 Å². The van der Waals surface area contributed by atoms with Crippen LogP contribution >= 0.6 is 23.2 Å². The quantitative estimate of drug-likeness (QED) is 0.0617. The largest absolute Gasteiger partial charge is 0.508 e. The van der Waals surface area contributed by atoms with Gasteiger partial charge in [-0.1, -0.05) is 97.3 Å². The number of rotatable bonds is 25. The summed E-state index contributed by atoms with van der Waals surface area (Å²) in [4.78, 5) is 0. The lowest BCUT2D eigenvalue weighted by Crippen LogP contribution is -2.54. The summed E-state index contributed by atoms with van der Waals surface area (Å²) in [6.45, 7) is 4.31. The third kappa shape index (κ3) is 15.7. The molecule has 1 aliphatic rings. The van der Waals surface area contributed by atoms with Crippen molar-refractivity contribution in [3.8, 4) is 11.5 Å². The van der Waals surface area contributed by atoms with Crippen LogP contribution in [0.5, 0.6) is 11.5 Å². The second-order valence-electron chi connectivity index (χ2n) is 12.9. The molecular weight excluding hydrogens is 599 g/mol. The monoisotopic (exact) mass is 660 g/mol. The van der Waals surface area contributed by atoms with Gasteiger partial charge in [0.1, 0.15) is 29.8 Å². The molecule has 0 amide bonds. The van der Waals surface area contributed by atoms with E-state index in [1.165, 1.54) is 57.8 Å². The fraction of sp³-hybridized carbons (Fsp3) is 0.833. The van der Waals surface area contributed by atoms with Gasteiger partial charge in [-0.15, -0.1) is 23.2 Å². The molecule has 1 aromatic rings. The standard InChI is InChI=1S/C36H62Cl2O6/c1-3-5-7-9-14-20-29(38)21-15-10-12-18-27-24-31(39)30(23-17-11-16-22-28(37)19-13-8-6-4-2)33(25-27)44-36-35(42)34(41)32(40)26-43-36/h24-25,28-29,32,34-36,39-42H,3-23,26H2,1-2H3. The third-order valence-electron chi connectivity index (χ3n) is 8.86. The average Bonchev–Trinajstić information content (AvgIpc) is 3.00. The number of unbranched alkanes of at least 4 members (excludes halogenated alkanes) is 11. The van der Waals surface area contributed by atoms with Crippen molar-refractivity contribution in [2.24, 2.45) is 0 Å². The van der Waals surface area contributed by atoms with Crippen LogP contribution in [0.1, 0.15) is 147 Å². The van der Waals surface area contributed by atoms with E-state index in [0.29, 0.717) is 17.7 Å². The summed E-state index contributed by atoms with van der Waals surface area (Å²) in [6.07, 6.45) is 17.9. The number of phenolic OH excluding ortho intramolecular Hbond substituents is 1. The number of aliphatic hydroxyl groups is 3. The summed E-state index contributed by atoms with van der Waals surface area (Å²) in [5, 5.41) is 42.0. The van der Waals surface area contributed by atoms with Crippen molar-refractivity contribution in [2.45, 2.75) is 184 Å². The summed E-state index contributed by atoms with van der Waals surface area (Å²) in [7, 11) is 0. The normalized spacial score (nSPS) is 21.8. The Hall–Kier alpha value is -0.760. The predicted molar refractivity (Wildman–Crippen MR) is 182 cm³/mol. The van der Waals surface area contributed by atoms with Gasteiger partial charge < -0.3 is 29.9 Å². The fourth-order valence-electron chi connectivity index (χ4n) is 5.96. The van der Waals surface area contributed by atoms with Gasteiger partial charge in [-0.25, -0.2) is 0 Å². The number of halogens is 2. The van der Waals surface area contributed by atoms with Crippen LogP contribution in [0.25, 0.3) is 0 Å². The Morgan fingerprint density at radius 2 is 1.20 bits per heavy atom. The van der Waals surface area contributed by atoms with Crippen molar-refractivity contribution < 1.29 is 29.9 Å². The smallest absolute Gasteiger partial charge is 0.228 e. The number of hydrogen-bond acceptors (Lipinski definition) is 6. The highest BCUT2D eigenvalue weighted by Crippen LogP contribution is 2.34. The molecule has 6 unspecified atom stereocenters. The molecule has 1 aliphatic heterocycles. The zero-order chi connectivity index (χ0) is 32.2. The van der Waals surface area contributed by atoms with Crippen LogP contribution in [0, 0.1) is 0 Å². The van der Waals surface area contributed by atoms with Gasteiger partial charge in [-0.3, -0.25) is 0 Å². The molecule has 8 heteroatoms. The lowest BCUT2D eigenvalue weighted by atomic mass is 9.98. The van der Waals surface area contributed by atoms with Crippen molar-refractivity contribution in [2.75, 3.05) is 6.61 Å². The van der Waals surface area contributed by atoms with Gasteiger partial charge in [0.15, 0.2) is 0 Å². The predicted octanol–water partition coefficient (Wildman–Crippen LogP) is 8.96. The molecule has 0 spiro atoms. The number of benzene rings is 1. The maximum Gasteiger partial charge on any atom is 0.228 e. The van der Waals surface area contributed by atoms with E-state index >= 15 is 0 Å². The first kappa shape index (κ1) is 39.4. The van der Waals surface area contributed by atoms with E-state index in [2.05, 4.69) is 13.8 Å². The molecule has 1 saturated heterocycles. The van der Waals surface area contributed by atoms with Gasteiger partial charge in [-0.05, 0) is 69.1 Å². The lowest BCUT2D eigenvalue weighted by molar-refractivity contribution is -0.242. The minimum absolute atomic E-state index is 0.137. The first-order chi connectivity index (χ1) is 21.3. The van der Waals surface area contributed by atoms with E-state index in [1.807, 2.05) is 12.1 Å². The number of aromatic hydroxyl groups is 1. The number of alkyl halides is 2. The number of hydrogen-bond donors (Lipinski definition) is 4. The highest BCUT2D eigenvalue weighted by Gasteiger charge is 2.39. The summed E-state index contributed by atoms with van der Waals surface area (Å²) in [6, 6.07) is 3.75. The molecule has 0 saturated carbocycles. The van der Waals surface area contributed by atoms with Gasteiger partial charge >= 0.3 is 0 Å². The molecule has 0 aromatic heterocycles. The van der Waals surface area contributed by atoms with E-state index in [1.54, 1.807) is 0 Å². The fourth-order valence-corrected chi connectivity index (χ4v) is 6.58. The Balaban J connectivity index is 1.89. The zero-order valence-corrected chi connectivity index (χ0v) is 29.0. The maximum absolute atomic E-state index is 11.0. The second-order valence-corrected chi connectivity index (χ2v) is 14.1. The van der Waals surface area contributed by atoms with Crippen molar-refractivity contribution in [1.29, 1.82) is 0 Å². The first-order valence-corrected chi connectivity index (χ1v) is 18.6. The highest BCUT2D eigenvalue weighted by atomic mass is 35.5. The summed E-state index contributed by atoms with van der Waals surface area (Å²) in [5.41, 5.74) is 1.63. The maximum atomic E-state index is 11.0. The molecular formula is C36H62Cl2O6. The zero-order valence-electron chi connectivity index (χ0n) is 27.5. The van der Waals surface area contributed by atoms with Crippen LogP contribution < -0.4 is 4.74 Å². The Morgan fingerprint density at radius 1 is 0.705 bits per heavy atom. The van der Waals surface area contributed by atoms with Gasteiger partial charge in [0.05, 0.1) is 6.61 Å². The molecule has 6 nitrogen and oxygen atoms in total. The molecule has 4 N–H and O–H groups in total. The minimum atomic E-state index is -1.40. The van der Waals surface area contributed by atoms with Crippen LogP contribution in [0.4, 0.5) is 0 Å². The van der Waals surface area contributed by atoms with Gasteiger partial charge in [0.2, 0.25) is 6.29 Å². The van der Waals surface area contributed by atoms with Crippen molar-refractivity contribution >= 4 is 23.2 Å². The topological polar surface area (TPSA) is 99.4 Å². The van der Waals surface area contributed by atoms with E-state index in [-0.39, 0.29) is 23.1 Å². The molecule has 256 valence electrons. The van der Waals surface area contributed by atoms with Gasteiger partial charge in [-0.2, -0.15) is 0 Å². The van der Waals surface area contributed by atoms with Crippen molar-refractivity contribution in [3.63, 3.8) is 0 Å². The minimum Gasteiger partial charge on any atom is -0.508 e. The molecule has 6 atom stereocenters. The Kier molecular flexibility index (Phi) is 21.1. The van der Waals surface area contributed by atoms with Crippen LogP contribution in [0.15, 0.2) is 12.1 Å². The number of ether oxygens (including phenoxy) is 2. The molecule has 1 aromatic carbocycles. The van der Waals surface area contributed by atoms with E-state index in [9.17, 15) is 20.4 Å². The first-order valence-electron chi connectivity index (χ1n) is 17.7. The molecule has 0 radical (unpaired) electrons. The molecule has 0 bridgehead atoms. The molecule has 0 aliphatic carbocycles. The highest BCUT2D eigenvalue weighted by molar-refractivity contribution is 6.20. The molecule has 1 fully saturated rings. The summed E-state index contributed by atoms with van der Waals surface area (Å²) < 4.78 is 11.6. The number of phenols is 1. The van der Waals surface area contributed by atoms with E-state index < -0.39 is 24.6 Å². The summed E-state index contributed by atoms with van der Waals surface area (Å²) in [5.74, 6) is 0.640. The average molecular weight is 662 g/mol. The van der Waals surface area contributed by atoms with Crippen LogP contribution in [0.3, 0.4) is 0 Å². The van der Waals surface area contributed by atoms with Crippen LogP contribution in [0.2, 0.25) is 0 Å². The summed E-state index contributed by atoms with van der Waals surface area (Å²) >= 11 is 13.1. The Morgan fingerprint density at radius 3 is 1.77 bits per heavy atom.